The summed E-state index contributed by atoms with van der Waals surface area (Å²) in [4.78, 5) is 25.0. The van der Waals surface area contributed by atoms with E-state index in [-0.39, 0.29) is 11.9 Å². The summed E-state index contributed by atoms with van der Waals surface area (Å²) < 4.78 is 15.7. The van der Waals surface area contributed by atoms with Crippen LogP contribution in [0.5, 0.6) is 0 Å². The number of fused-ring (bicyclic) bond motifs is 1. The fourth-order valence-electron chi connectivity index (χ4n) is 4.62. The molecule has 1 atom stereocenters. The van der Waals surface area contributed by atoms with Crippen molar-refractivity contribution in [3.8, 4) is 22.6 Å². The van der Waals surface area contributed by atoms with Gasteiger partial charge in [0.2, 0.25) is 0 Å². The third-order valence-electron chi connectivity index (χ3n) is 6.26. The van der Waals surface area contributed by atoms with Crippen LogP contribution in [-0.2, 0) is 6.54 Å². The van der Waals surface area contributed by atoms with Gasteiger partial charge in [-0.3, -0.25) is 9.88 Å². The first-order chi connectivity index (χ1) is 16.7. The second-order valence-corrected chi connectivity index (χ2v) is 8.48. The maximum Gasteiger partial charge on any atom is 0.123 e. The van der Waals surface area contributed by atoms with E-state index in [0.717, 1.165) is 65.4 Å². The van der Waals surface area contributed by atoms with Crippen LogP contribution in [0.1, 0.15) is 18.2 Å². The number of rotatable bonds is 5. The predicted octanol–water partition coefficient (Wildman–Crippen LogP) is 4.54. The van der Waals surface area contributed by atoms with Crippen molar-refractivity contribution in [2.24, 2.45) is 0 Å². The SMILES string of the molecule is Fc1ccc(-c2ncn(C3CCN(Cc4cnc5ccccc5n4)C3)c2-c2ccncn2)cc1. The number of nitrogens with zero attached hydrogens (tertiary/aromatic N) is 7. The average Bonchev–Trinajstić information content (AvgIpc) is 3.52. The Bertz CT molecular complexity index is 1430. The summed E-state index contributed by atoms with van der Waals surface area (Å²) in [6.45, 7) is 2.56. The van der Waals surface area contributed by atoms with Gasteiger partial charge in [-0.1, -0.05) is 12.1 Å². The van der Waals surface area contributed by atoms with Crippen LogP contribution in [0.3, 0.4) is 0 Å². The van der Waals surface area contributed by atoms with Gasteiger partial charge in [0.1, 0.15) is 12.1 Å². The largest absolute Gasteiger partial charge is 0.324 e. The van der Waals surface area contributed by atoms with Crippen molar-refractivity contribution in [3.63, 3.8) is 0 Å². The number of hydrogen-bond acceptors (Lipinski definition) is 6. The van der Waals surface area contributed by atoms with Crippen LogP contribution in [0, 0.1) is 5.82 Å². The Kier molecular flexibility index (Phi) is 5.27. The number of imidazole rings is 1. The molecule has 2 aromatic carbocycles. The number of benzene rings is 2. The van der Waals surface area contributed by atoms with Gasteiger partial charge in [-0.25, -0.2) is 24.3 Å². The summed E-state index contributed by atoms with van der Waals surface area (Å²) in [7, 11) is 0. The van der Waals surface area contributed by atoms with Gasteiger partial charge in [-0.15, -0.1) is 0 Å². The molecule has 0 radical (unpaired) electrons. The minimum atomic E-state index is -0.269. The third kappa shape index (κ3) is 3.92. The molecule has 0 amide bonds. The fraction of sp³-hybridized carbons (Fsp3) is 0.192. The van der Waals surface area contributed by atoms with E-state index in [1.54, 1.807) is 24.7 Å². The highest BCUT2D eigenvalue weighted by Gasteiger charge is 2.28. The second kappa shape index (κ2) is 8.72. The van der Waals surface area contributed by atoms with Crippen LogP contribution in [0.25, 0.3) is 33.7 Å². The second-order valence-electron chi connectivity index (χ2n) is 8.48. The van der Waals surface area contributed by atoms with Crippen LogP contribution in [0.15, 0.2) is 79.6 Å². The van der Waals surface area contributed by atoms with E-state index in [9.17, 15) is 4.39 Å². The molecule has 168 valence electrons. The summed E-state index contributed by atoms with van der Waals surface area (Å²) in [6.07, 6.45) is 8.00. The first-order valence-electron chi connectivity index (χ1n) is 11.3. The average molecular weight is 452 g/mol. The van der Waals surface area contributed by atoms with E-state index in [4.69, 9.17) is 9.97 Å². The van der Waals surface area contributed by atoms with Crippen LogP contribution >= 0.6 is 0 Å². The zero-order valence-electron chi connectivity index (χ0n) is 18.4. The molecule has 8 heteroatoms. The van der Waals surface area contributed by atoms with Crippen LogP contribution in [0.4, 0.5) is 4.39 Å². The Labute approximate surface area is 196 Å². The Balaban J connectivity index is 1.29. The number of para-hydroxylation sites is 2. The molecule has 1 fully saturated rings. The van der Waals surface area contributed by atoms with Crippen molar-refractivity contribution in [1.29, 1.82) is 0 Å². The monoisotopic (exact) mass is 451 g/mol. The zero-order chi connectivity index (χ0) is 22.9. The van der Waals surface area contributed by atoms with Crippen LogP contribution in [0.2, 0.25) is 0 Å². The molecule has 3 aromatic heterocycles. The Morgan fingerprint density at radius 2 is 1.79 bits per heavy atom. The minimum Gasteiger partial charge on any atom is -0.324 e. The molecule has 1 unspecified atom stereocenters. The lowest BCUT2D eigenvalue weighted by molar-refractivity contribution is 0.313. The molecule has 7 nitrogen and oxygen atoms in total. The molecular formula is C26H22FN7. The number of halogens is 1. The number of likely N-dealkylation sites (tertiary alicyclic amines) is 1. The van der Waals surface area contributed by atoms with Gasteiger partial charge in [-0.2, -0.15) is 0 Å². The van der Waals surface area contributed by atoms with Crippen molar-refractivity contribution in [2.75, 3.05) is 13.1 Å². The van der Waals surface area contributed by atoms with Crippen molar-refractivity contribution >= 4 is 11.0 Å². The molecule has 4 heterocycles. The molecule has 5 aromatic rings. The van der Waals surface area contributed by atoms with Crippen molar-refractivity contribution < 1.29 is 4.39 Å². The lowest BCUT2D eigenvalue weighted by Gasteiger charge is -2.18. The van der Waals surface area contributed by atoms with Gasteiger partial charge in [-0.05, 0) is 48.9 Å². The summed E-state index contributed by atoms with van der Waals surface area (Å²) in [5, 5.41) is 0. The van der Waals surface area contributed by atoms with Crippen molar-refractivity contribution in [1.82, 2.24) is 34.4 Å². The van der Waals surface area contributed by atoms with E-state index in [1.165, 1.54) is 12.1 Å². The minimum absolute atomic E-state index is 0.236. The van der Waals surface area contributed by atoms with Gasteiger partial charge < -0.3 is 4.57 Å². The van der Waals surface area contributed by atoms with Gasteiger partial charge in [0, 0.05) is 37.4 Å². The standard InChI is InChI=1S/C26H22FN7/c27-19-7-5-18(6-8-19)25-26(24-9-11-28-16-30-24)34(17-31-25)21-10-12-33(15-21)14-20-13-29-22-3-1-2-4-23(22)32-20/h1-9,11,13,16-17,21H,10,12,14-15H2. The number of aromatic nitrogens is 6. The summed E-state index contributed by atoms with van der Waals surface area (Å²) in [6, 6.07) is 16.5. The van der Waals surface area contributed by atoms with Gasteiger partial charge in [0.15, 0.2) is 0 Å². The van der Waals surface area contributed by atoms with Crippen molar-refractivity contribution in [3.05, 3.63) is 91.2 Å². The fourth-order valence-corrected chi connectivity index (χ4v) is 4.62. The molecule has 0 aliphatic carbocycles. The van der Waals surface area contributed by atoms with Crippen LogP contribution < -0.4 is 0 Å². The van der Waals surface area contributed by atoms with Gasteiger partial charge in [0.05, 0.1) is 46.3 Å². The first-order valence-corrected chi connectivity index (χ1v) is 11.3. The van der Waals surface area contributed by atoms with E-state index in [2.05, 4.69) is 24.4 Å². The Morgan fingerprint density at radius 3 is 2.62 bits per heavy atom. The maximum atomic E-state index is 13.5. The normalized spacial score (nSPS) is 16.3. The highest BCUT2D eigenvalue weighted by Crippen LogP contribution is 2.35. The lowest BCUT2D eigenvalue weighted by atomic mass is 10.1. The zero-order valence-corrected chi connectivity index (χ0v) is 18.4. The molecular weight excluding hydrogens is 429 g/mol. The topological polar surface area (TPSA) is 72.6 Å². The molecule has 0 saturated carbocycles. The molecule has 0 bridgehead atoms. The summed E-state index contributed by atoms with van der Waals surface area (Å²) in [5.74, 6) is -0.269. The molecule has 34 heavy (non-hydrogen) atoms. The smallest absolute Gasteiger partial charge is 0.123 e. The molecule has 1 aliphatic heterocycles. The highest BCUT2D eigenvalue weighted by molar-refractivity contribution is 5.77. The predicted molar refractivity (Wildman–Crippen MR) is 127 cm³/mol. The molecule has 1 aliphatic rings. The van der Waals surface area contributed by atoms with Crippen molar-refractivity contribution in [2.45, 2.75) is 19.0 Å². The quantitative estimate of drug-likeness (QED) is 0.391. The highest BCUT2D eigenvalue weighted by atomic mass is 19.1. The van der Waals surface area contributed by atoms with Gasteiger partial charge in [0.25, 0.3) is 0 Å². The van der Waals surface area contributed by atoms with Gasteiger partial charge >= 0.3 is 0 Å². The lowest BCUT2D eigenvalue weighted by Crippen LogP contribution is -2.22. The Morgan fingerprint density at radius 1 is 0.941 bits per heavy atom. The molecule has 1 saturated heterocycles. The Hall–Kier alpha value is -4.04. The van der Waals surface area contributed by atoms with E-state index >= 15 is 0 Å². The van der Waals surface area contributed by atoms with E-state index in [0.29, 0.717) is 0 Å². The first kappa shape index (κ1) is 20.6. The molecule has 6 rings (SSSR count). The summed E-state index contributed by atoms with van der Waals surface area (Å²) in [5.41, 5.74) is 6.16. The molecule has 0 N–H and O–H groups in total. The maximum absolute atomic E-state index is 13.5. The molecule has 0 spiro atoms. The number of hydrogen-bond donors (Lipinski definition) is 0. The van der Waals surface area contributed by atoms with E-state index in [1.807, 2.05) is 42.9 Å². The van der Waals surface area contributed by atoms with Crippen LogP contribution in [-0.4, -0.2) is 47.5 Å². The third-order valence-corrected chi connectivity index (χ3v) is 6.26. The summed E-state index contributed by atoms with van der Waals surface area (Å²) >= 11 is 0. The van der Waals surface area contributed by atoms with E-state index < -0.39 is 0 Å².